The van der Waals surface area contributed by atoms with E-state index in [4.69, 9.17) is 0 Å². The summed E-state index contributed by atoms with van der Waals surface area (Å²) in [6.07, 6.45) is 7.04. The highest BCUT2D eigenvalue weighted by Gasteiger charge is 2.26. The van der Waals surface area contributed by atoms with E-state index in [1.165, 1.54) is 49.0 Å². The third-order valence-corrected chi connectivity index (χ3v) is 4.84. The van der Waals surface area contributed by atoms with Gasteiger partial charge in [-0.05, 0) is 56.6 Å². The Balaban J connectivity index is 1.66. The van der Waals surface area contributed by atoms with Gasteiger partial charge >= 0.3 is 0 Å². The molecular weight excluding hydrogens is 234 g/mol. The van der Waals surface area contributed by atoms with Gasteiger partial charge in [-0.1, -0.05) is 24.1 Å². The minimum atomic E-state index is -0.0396. The molecule has 2 aliphatic rings. The van der Waals surface area contributed by atoms with Crippen LogP contribution in [0.5, 0.6) is 0 Å². The number of rotatable bonds is 3. The summed E-state index contributed by atoms with van der Waals surface area (Å²) in [6, 6.07) is 6.85. The lowest BCUT2D eigenvalue weighted by Crippen LogP contribution is -2.32. The Morgan fingerprint density at radius 1 is 1.26 bits per heavy atom. The number of hydrogen-bond acceptors (Lipinski definition) is 2. The molecule has 2 unspecified atom stereocenters. The molecular formula is C17H25NO. The summed E-state index contributed by atoms with van der Waals surface area (Å²) < 4.78 is 0. The first-order valence-corrected chi connectivity index (χ1v) is 7.76. The van der Waals surface area contributed by atoms with Gasteiger partial charge in [0.15, 0.2) is 0 Å². The third-order valence-electron chi connectivity index (χ3n) is 4.84. The van der Waals surface area contributed by atoms with Crippen LogP contribution >= 0.6 is 0 Å². The number of aliphatic hydroxyl groups excluding tert-OH is 1. The Kier molecular flexibility index (Phi) is 3.79. The van der Waals surface area contributed by atoms with E-state index < -0.39 is 0 Å². The molecule has 0 radical (unpaired) electrons. The highest BCUT2D eigenvalue weighted by atomic mass is 16.3. The number of aliphatic hydroxyl groups is 1. The molecule has 1 aliphatic heterocycles. The lowest BCUT2D eigenvalue weighted by molar-refractivity contribution is 0.129. The van der Waals surface area contributed by atoms with Crippen molar-refractivity contribution in [2.45, 2.75) is 51.6 Å². The zero-order valence-corrected chi connectivity index (χ0v) is 11.9. The van der Waals surface area contributed by atoms with Gasteiger partial charge in [-0.2, -0.15) is 0 Å². The maximum absolute atomic E-state index is 9.93. The van der Waals surface area contributed by atoms with E-state index >= 15 is 0 Å². The molecule has 2 atom stereocenters. The number of benzene rings is 1. The van der Waals surface area contributed by atoms with Gasteiger partial charge in [0.25, 0.3) is 0 Å². The molecule has 1 fully saturated rings. The van der Waals surface area contributed by atoms with Gasteiger partial charge in [0, 0.05) is 18.8 Å². The summed E-state index contributed by atoms with van der Waals surface area (Å²) in [5, 5.41) is 9.93. The molecule has 104 valence electrons. The second kappa shape index (κ2) is 5.54. The molecule has 1 N–H and O–H groups in total. The molecule has 0 spiro atoms. The Hall–Kier alpha value is -1.02. The van der Waals surface area contributed by atoms with Gasteiger partial charge in [-0.25, -0.2) is 0 Å². The standard InChI is InChI=1S/C17H25NO/c1-13-7-8-16-15(12-13)5-3-10-18(16)11-9-14-4-2-6-17(14)19/h7-8,12,14,17,19H,2-6,9-11H2,1H3. The quantitative estimate of drug-likeness (QED) is 0.900. The van der Waals surface area contributed by atoms with Crippen LogP contribution in [0.3, 0.4) is 0 Å². The van der Waals surface area contributed by atoms with Crippen molar-refractivity contribution in [2.24, 2.45) is 5.92 Å². The number of anilines is 1. The maximum atomic E-state index is 9.93. The van der Waals surface area contributed by atoms with Crippen molar-refractivity contribution in [3.8, 4) is 0 Å². The largest absolute Gasteiger partial charge is 0.393 e. The summed E-state index contributed by atoms with van der Waals surface area (Å²) in [6.45, 7) is 4.46. The molecule has 19 heavy (non-hydrogen) atoms. The number of nitrogens with zero attached hydrogens (tertiary/aromatic N) is 1. The average molecular weight is 259 g/mol. The minimum absolute atomic E-state index is 0.0396. The zero-order chi connectivity index (χ0) is 13.2. The van der Waals surface area contributed by atoms with Crippen molar-refractivity contribution in [3.05, 3.63) is 29.3 Å². The molecule has 1 heterocycles. The van der Waals surface area contributed by atoms with Crippen LogP contribution in [-0.4, -0.2) is 24.3 Å². The van der Waals surface area contributed by atoms with Crippen molar-refractivity contribution >= 4 is 5.69 Å². The van der Waals surface area contributed by atoms with E-state index in [1.807, 2.05) is 0 Å². The Morgan fingerprint density at radius 2 is 2.16 bits per heavy atom. The van der Waals surface area contributed by atoms with Crippen LogP contribution in [0.1, 0.15) is 43.2 Å². The molecule has 0 amide bonds. The summed E-state index contributed by atoms with van der Waals surface area (Å²) in [5.41, 5.74) is 4.31. The van der Waals surface area contributed by atoms with Crippen LogP contribution in [0.15, 0.2) is 18.2 Å². The van der Waals surface area contributed by atoms with E-state index in [2.05, 4.69) is 30.0 Å². The van der Waals surface area contributed by atoms with Gasteiger partial charge < -0.3 is 10.0 Å². The van der Waals surface area contributed by atoms with Gasteiger partial charge in [0.05, 0.1) is 6.10 Å². The smallest absolute Gasteiger partial charge is 0.0569 e. The van der Waals surface area contributed by atoms with Gasteiger partial charge in [-0.15, -0.1) is 0 Å². The minimum Gasteiger partial charge on any atom is -0.393 e. The first-order chi connectivity index (χ1) is 9.24. The molecule has 1 aliphatic carbocycles. The van der Waals surface area contributed by atoms with Crippen molar-refractivity contribution in [1.29, 1.82) is 0 Å². The molecule has 0 bridgehead atoms. The number of aryl methyl sites for hydroxylation is 2. The average Bonchev–Trinajstić information content (AvgIpc) is 2.81. The predicted molar refractivity (Wildman–Crippen MR) is 79.7 cm³/mol. The second-order valence-electron chi connectivity index (χ2n) is 6.27. The highest BCUT2D eigenvalue weighted by Crippen LogP contribution is 2.31. The highest BCUT2D eigenvalue weighted by molar-refractivity contribution is 5.56. The van der Waals surface area contributed by atoms with E-state index in [0.29, 0.717) is 5.92 Å². The fourth-order valence-electron chi connectivity index (χ4n) is 3.71. The number of hydrogen-bond donors (Lipinski definition) is 1. The van der Waals surface area contributed by atoms with Crippen LogP contribution < -0.4 is 4.90 Å². The zero-order valence-electron chi connectivity index (χ0n) is 11.9. The molecule has 2 heteroatoms. The predicted octanol–water partition coefficient (Wildman–Crippen LogP) is 3.30. The lowest BCUT2D eigenvalue weighted by Gasteiger charge is -2.32. The fraction of sp³-hybridized carbons (Fsp3) is 0.647. The van der Waals surface area contributed by atoms with Crippen molar-refractivity contribution in [2.75, 3.05) is 18.0 Å². The van der Waals surface area contributed by atoms with Crippen LogP contribution in [0.2, 0.25) is 0 Å². The SMILES string of the molecule is Cc1ccc2c(c1)CCCN2CCC1CCCC1O. The molecule has 1 aromatic carbocycles. The van der Waals surface area contributed by atoms with Gasteiger partial charge in [0.2, 0.25) is 0 Å². The van der Waals surface area contributed by atoms with Crippen LogP contribution in [0.4, 0.5) is 5.69 Å². The summed E-state index contributed by atoms with van der Waals surface area (Å²) >= 11 is 0. The van der Waals surface area contributed by atoms with Gasteiger partial charge in [0.1, 0.15) is 0 Å². The summed E-state index contributed by atoms with van der Waals surface area (Å²) in [4.78, 5) is 2.53. The van der Waals surface area contributed by atoms with Crippen molar-refractivity contribution in [1.82, 2.24) is 0 Å². The van der Waals surface area contributed by atoms with Crippen LogP contribution in [-0.2, 0) is 6.42 Å². The van der Waals surface area contributed by atoms with Crippen molar-refractivity contribution in [3.63, 3.8) is 0 Å². The van der Waals surface area contributed by atoms with E-state index in [1.54, 1.807) is 0 Å². The fourth-order valence-corrected chi connectivity index (χ4v) is 3.71. The Morgan fingerprint density at radius 3 is 2.95 bits per heavy atom. The van der Waals surface area contributed by atoms with E-state index in [-0.39, 0.29) is 6.10 Å². The molecule has 3 rings (SSSR count). The molecule has 0 saturated heterocycles. The first kappa shape index (κ1) is 13.0. The van der Waals surface area contributed by atoms with Crippen molar-refractivity contribution < 1.29 is 5.11 Å². The third kappa shape index (κ3) is 2.79. The number of fused-ring (bicyclic) bond motifs is 1. The lowest BCUT2D eigenvalue weighted by atomic mass is 9.97. The molecule has 1 saturated carbocycles. The van der Waals surface area contributed by atoms with E-state index in [9.17, 15) is 5.11 Å². The molecule has 1 aromatic rings. The Bertz CT molecular complexity index is 443. The Labute approximate surface area is 116 Å². The molecule has 0 aromatic heterocycles. The topological polar surface area (TPSA) is 23.5 Å². The van der Waals surface area contributed by atoms with Crippen LogP contribution in [0, 0.1) is 12.8 Å². The summed E-state index contributed by atoms with van der Waals surface area (Å²) in [5.74, 6) is 0.538. The monoisotopic (exact) mass is 259 g/mol. The molecule has 2 nitrogen and oxygen atoms in total. The van der Waals surface area contributed by atoms with Gasteiger partial charge in [-0.3, -0.25) is 0 Å². The van der Waals surface area contributed by atoms with Crippen LogP contribution in [0.25, 0.3) is 0 Å². The maximum Gasteiger partial charge on any atom is 0.0569 e. The summed E-state index contributed by atoms with van der Waals surface area (Å²) in [7, 11) is 0. The normalized spacial score (nSPS) is 26.5. The van der Waals surface area contributed by atoms with E-state index in [0.717, 1.165) is 19.4 Å². The second-order valence-corrected chi connectivity index (χ2v) is 6.27. The first-order valence-electron chi connectivity index (χ1n) is 7.76.